The minimum absolute atomic E-state index is 0.0377. The number of phenols is 1. The number of benzene rings is 2. The molecular formula is C20H19F3N2O5. The zero-order valence-corrected chi connectivity index (χ0v) is 15.7. The van der Waals surface area contributed by atoms with Crippen molar-refractivity contribution in [2.75, 3.05) is 6.61 Å². The van der Waals surface area contributed by atoms with Crippen molar-refractivity contribution >= 4 is 11.8 Å². The predicted molar refractivity (Wildman–Crippen MR) is 99.0 cm³/mol. The van der Waals surface area contributed by atoms with Crippen molar-refractivity contribution in [1.29, 1.82) is 0 Å². The highest BCUT2D eigenvalue weighted by molar-refractivity contribution is 6.00. The smallest absolute Gasteiger partial charge is 0.437 e. The molecular weight excluding hydrogens is 405 g/mol. The Hall–Kier alpha value is -3.27. The minimum Gasteiger partial charge on any atom is -0.504 e. The maximum Gasteiger partial charge on any atom is 0.437 e. The number of halogens is 3. The number of hydrogen-bond donors (Lipinski definition) is 4. The summed E-state index contributed by atoms with van der Waals surface area (Å²) in [6, 6.07) is 7.93. The lowest BCUT2D eigenvalue weighted by atomic mass is 9.77. The van der Waals surface area contributed by atoms with Crippen LogP contribution in [0.1, 0.15) is 28.9 Å². The van der Waals surface area contributed by atoms with Crippen molar-refractivity contribution in [3.05, 3.63) is 59.7 Å². The summed E-state index contributed by atoms with van der Waals surface area (Å²) in [4.78, 5) is 25.1. The van der Waals surface area contributed by atoms with Gasteiger partial charge in [0.25, 0.3) is 0 Å². The van der Waals surface area contributed by atoms with Gasteiger partial charge in [0, 0.05) is 5.56 Å². The van der Waals surface area contributed by atoms with E-state index >= 15 is 0 Å². The molecule has 0 aliphatic carbocycles. The molecule has 4 N–H and O–H groups in total. The molecule has 0 unspecified atom stereocenters. The SMILES string of the molecule is CCOc1cc([C@H]2NC(=O)N[C@@](O)(C(F)(F)F)[C@@H]2C(=O)c2ccccc2)ccc1O. The summed E-state index contributed by atoms with van der Waals surface area (Å²) in [6.45, 7) is 1.80. The van der Waals surface area contributed by atoms with Crippen molar-refractivity contribution in [3.8, 4) is 11.5 Å². The number of phenolic OH excluding ortho intramolecular Hbond substituents is 1. The fraction of sp³-hybridized carbons (Fsp3) is 0.300. The van der Waals surface area contributed by atoms with Gasteiger partial charge in [0.15, 0.2) is 17.3 Å². The molecule has 0 aromatic heterocycles. The fourth-order valence-electron chi connectivity index (χ4n) is 3.39. The minimum atomic E-state index is -5.35. The summed E-state index contributed by atoms with van der Waals surface area (Å²) in [7, 11) is 0. The Morgan fingerprint density at radius 2 is 1.87 bits per heavy atom. The first-order chi connectivity index (χ1) is 14.1. The second-order valence-corrected chi connectivity index (χ2v) is 6.71. The number of Topliss-reactive ketones (excluding diaryl/α,β-unsaturated/α-hetero) is 1. The van der Waals surface area contributed by atoms with Gasteiger partial charge in [0.1, 0.15) is 5.92 Å². The van der Waals surface area contributed by atoms with Crippen LogP contribution < -0.4 is 15.4 Å². The number of urea groups is 1. The highest BCUT2D eigenvalue weighted by Crippen LogP contribution is 2.45. The molecule has 1 heterocycles. The Kier molecular flexibility index (Phi) is 5.62. The number of ketones is 1. The van der Waals surface area contributed by atoms with Crippen molar-refractivity contribution in [2.24, 2.45) is 5.92 Å². The largest absolute Gasteiger partial charge is 0.504 e. The van der Waals surface area contributed by atoms with Crippen molar-refractivity contribution in [2.45, 2.75) is 24.9 Å². The first kappa shape index (κ1) is 21.4. The Labute approximate surface area is 169 Å². The summed E-state index contributed by atoms with van der Waals surface area (Å²) in [6.07, 6.45) is -5.35. The molecule has 0 bridgehead atoms. The third kappa shape index (κ3) is 3.78. The standard InChI is InChI=1S/C20H19F3N2O5/c1-2-30-14-10-12(8-9-13(14)26)16-15(17(27)11-6-4-3-5-7-11)19(29,20(21,22)23)25-18(28)24-16/h3-10,15-16,26,29H,2H2,1H3,(H2,24,25,28)/t15-,16+,19-/m0/s1. The molecule has 1 aliphatic heterocycles. The quantitative estimate of drug-likeness (QED) is 0.552. The van der Waals surface area contributed by atoms with Gasteiger partial charge in [-0.05, 0) is 24.6 Å². The summed E-state index contributed by atoms with van der Waals surface area (Å²) in [5.41, 5.74) is -3.85. The maximum atomic E-state index is 13.9. The molecule has 0 saturated carbocycles. The first-order valence-electron chi connectivity index (χ1n) is 9.01. The Bertz CT molecular complexity index is 951. The monoisotopic (exact) mass is 424 g/mol. The highest BCUT2D eigenvalue weighted by atomic mass is 19.4. The van der Waals surface area contributed by atoms with Gasteiger partial charge in [-0.3, -0.25) is 4.79 Å². The topological polar surface area (TPSA) is 108 Å². The van der Waals surface area contributed by atoms with Crippen LogP contribution in [-0.4, -0.2) is 40.5 Å². The summed E-state index contributed by atoms with van der Waals surface area (Å²) >= 11 is 0. The Morgan fingerprint density at radius 3 is 2.47 bits per heavy atom. The van der Waals surface area contributed by atoms with Crippen LogP contribution in [0.2, 0.25) is 0 Å². The van der Waals surface area contributed by atoms with E-state index in [1.807, 2.05) is 0 Å². The summed E-state index contributed by atoms with van der Waals surface area (Å²) in [5, 5.41) is 24.2. The van der Waals surface area contributed by atoms with E-state index in [1.165, 1.54) is 47.8 Å². The lowest BCUT2D eigenvalue weighted by molar-refractivity contribution is -0.287. The van der Waals surface area contributed by atoms with Crippen LogP contribution in [0.5, 0.6) is 11.5 Å². The number of amides is 2. The van der Waals surface area contributed by atoms with E-state index in [0.717, 1.165) is 0 Å². The molecule has 3 rings (SSSR count). The molecule has 30 heavy (non-hydrogen) atoms. The predicted octanol–water partition coefficient (Wildman–Crippen LogP) is 2.89. The van der Waals surface area contributed by atoms with Crippen LogP contribution in [0.3, 0.4) is 0 Å². The maximum absolute atomic E-state index is 13.9. The number of ether oxygens (including phenoxy) is 1. The van der Waals surface area contributed by atoms with Crippen molar-refractivity contribution < 1.29 is 37.7 Å². The zero-order chi connectivity index (χ0) is 22.1. The van der Waals surface area contributed by atoms with E-state index in [4.69, 9.17) is 4.74 Å². The van der Waals surface area contributed by atoms with Gasteiger partial charge in [-0.1, -0.05) is 36.4 Å². The van der Waals surface area contributed by atoms with Gasteiger partial charge >= 0.3 is 12.2 Å². The zero-order valence-electron chi connectivity index (χ0n) is 15.7. The highest BCUT2D eigenvalue weighted by Gasteiger charge is 2.66. The summed E-state index contributed by atoms with van der Waals surface area (Å²) in [5.74, 6) is -3.49. The molecule has 1 fully saturated rings. The molecule has 3 atom stereocenters. The van der Waals surface area contributed by atoms with Crippen LogP contribution in [0.4, 0.5) is 18.0 Å². The second-order valence-electron chi connectivity index (χ2n) is 6.71. The number of hydrogen-bond acceptors (Lipinski definition) is 5. The molecule has 160 valence electrons. The average Bonchev–Trinajstić information content (AvgIpc) is 2.68. The lowest BCUT2D eigenvalue weighted by Crippen LogP contribution is -2.72. The first-order valence-corrected chi connectivity index (χ1v) is 9.01. The van der Waals surface area contributed by atoms with E-state index in [9.17, 15) is 33.0 Å². The third-order valence-electron chi connectivity index (χ3n) is 4.79. The Balaban J connectivity index is 2.17. The van der Waals surface area contributed by atoms with Gasteiger partial charge in [-0.15, -0.1) is 0 Å². The molecule has 0 spiro atoms. The van der Waals surface area contributed by atoms with Crippen molar-refractivity contribution in [1.82, 2.24) is 10.6 Å². The molecule has 7 nitrogen and oxygen atoms in total. The van der Waals surface area contributed by atoms with Crippen LogP contribution >= 0.6 is 0 Å². The van der Waals surface area contributed by atoms with E-state index in [-0.39, 0.29) is 29.2 Å². The number of alkyl halides is 3. The van der Waals surface area contributed by atoms with Crippen LogP contribution in [0.15, 0.2) is 48.5 Å². The van der Waals surface area contributed by atoms with E-state index in [0.29, 0.717) is 0 Å². The number of rotatable bonds is 5. The molecule has 10 heteroatoms. The number of carbonyl (C=O) groups excluding carboxylic acids is 2. The van der Waals surface area contributed by atoms with E-state index in [2.05, 4.69) is 5.32 Å². The molecule has 2 aromatic carbocycles. The number of nitrogens with one attached hydrogen (secondary N) is 2. The van der Waals surface area contributed by atoms with Gasteiger partial charge in [-0.2, -0.15) is 13.2 Å². The fourth-order valence-corrected chi connectivity index (χ4v) is 3.39. The summed E-state index contributed by atoms with van der Waals surface area (Å²) < 4.78 is 46.9. The van der Waals surface area contributed by atoms with E-state index in [1.54, 1.807) is 13.0 Å². The average molecular weight is 424 g/mol. The molecule has 2 aromatic rings. The second kappa shape index (κ2) is 7.86. The molecule has 1 aliphatic rings. The lowest BCUT2D eigenvalue weighted by Gasteiger charge is -2.45. The molecule has 2 amide bonds. The normalized spacial score (nSPS) is 24.0. The van der Waals surface area contributed by atoms with Gasteiger partial charge in [-0.25, -0.2) is 4.79 Å². The van der Waals surface area contributed by atoms with Gasteiger partial charge in [0.05, 0.1) is 12.6 Å². The van der Waals surface area contributed by atoms with Crippen molar-refractivity contribution in [3.63, 3.8) is 0 Å². The van der Waals surface area contributed by atoms with Crippen LogP contribution in [0.25, 0.3) is 0 Å². The number of carbonyl (C=O) groups is 2. The number of aromatic hydroxyl groups is 1. The Morgan fingerprint density at radius 1 is 1.20 bits per heavy atom. The molecule has 1 saturated heterocycles. The van der Waals surface area contributed by atoms with Crippen LogP contribution in [0, 0.1) is 5.92 Å². The third-order valence-corrected chi connectivity index (χ3v) is 4.79. The van der Waals surface area contributed by atoms with E-state index < -0.39 is 35.7 Å². The number of aliphatic hydroxyl groups is 1. The van der Waals surface area contributed by atoms with Gasteiger partial charge < -0.3 is 25.6 Å². The van der Waals surface area contributed by atoms with Crippen LogP contribution in [-0.2, 0) is 0 Å². The molecule has 0 radical (unpaired) electrons. The van der Waals surface area contributed by atoms with Gasteiger partial charge in [0.2, 0.25) is 5.72 Å².